The fourth-order valence-electron chi connectivity index (χ4n) is 3.82. The van der Waals surface area contributed by atoms with Crippen molar-refractivity contribution in [1.82, 2.24) is 19.6 Å². The number of carbonyl (C=O) groups excluding carboxylic acids is 1. The molecule has 3 aromatic rings. The van der Waals surface area contributed by atoms with E-state index in [9.17, 15) is 9.90 Å². The van der Waals surface area contributed by atoms with Gasteiger partial charge in [0.1, 0.15) is 5.56 Å². The van der Waals surface area contributed by atoms with E-state index in [-0.39, 0.29) is 18.4 Å². The second kappa shape index (κ2) is 6.66. The molecule has 0 saturated heterocycles. The van der Waals surface area contributed by atoms with Crippen molar-refractivity contribution in [2.24, 2.45) is 13.0 Å². The molecule has 0 radical (unpaired) electrons. The number of benzene rings is 1. The maximum Gasteiger partial charge on any atom is 0.264 e. The Balaban J connectivity index is 1.82. The van der Waals surface area contributed by atoms with Crippen LogP contribution in [0.1, 0.15) is 27.3 Å². The Bertz CT molecular complexity index is 1000. The molecule has 1 amide bonds. The molecule has 0 aliphatic carbocycles. The van der Waals surface area contributed by atoms with Gasteiger partial charge in [0.2, 0.25) is 0 Å². The van der Waals surface area contributed by atoms with Gasteiger partial charge in [0.15, 0.2) is 5.82 Å². The molecule has 1 N–H and O–H groups in total. The highest BCUT2D eigenvalue weighted by Gasteiger charge is 2.32. The summed E-state index contributed by atoms with van der Waals surface area (Å²) in [4.78, 5) is 15.4. The second-order valence-electron chi connectivity index (χ2n) is 7.11. The highest BCUT2D eigenvalue weighted by atomic mass is 16.3. The van der Waals surface area contributed by atoms with Gasteiger partial charge in [-0.05, 0) is 38.0 Å². The van der Waals surface area contributed by atoms with Crippen LogP contribution in [-0.2, 0) is 13.5 Å². The van der Waals surface area contributed by atoms with Crippen LogP contribution in [0, 0.1) is 19.8 Å². The lowest BCUT2D eigenvalue weighted by Crippen LogP contribution is -2.41. The van der Waals surface area contributed by atoms with Crippen LogP contribution in [0.15, 0.2) is 36.5 Å². The topological polar surface area (TPSA) is 76.2 Å². The Morgan fingerprint density at radius 1 is 1.22 bits per heavy atom. The number of hydrogen-bond donors (Lipinski definition) is 1. The van der Waals surface area contributed by atoms with Gasteiger partial charge in [-0.2, -0.15) is 10.2 Å². The van der Waals surface area contributed by atoms with Crippen molar-refractivity contribution in [2.75, 3.05) is 18.1 Å². The monoisotopic (exact) mass is 365 g/mol. The minimum Gasteiger partial charge on any atom is -0.396 e. The molecule has 0 fully saturated rings. The summed E-state index contributed by atoms with van der Waals surface area (Å²) >= 11 is 0. The average Bonchev–Trinajstić information content (AvgIpc) is 3.22. The summed E-state index contributed by atoms with van der Waals surface area (Å²) < 4.78 is 3.39. The summed E-state index contributed by atoms with van der Waals surface area (Å²) in [5.74, 6) is 0.555. The van der Waals surface area contributed by atoms with Crippen LogP contribution < -0.4 is 4.90 Å². The molecule has 4 rings (SSSR count). The smallest absolute Gasteiger partial charge is 0.264 e. The van der Waals surface area contributed by atoms with Gasteiger partial charge in [-0.3, -0.25) is 4.79 Å². The van der Waals surface area contributed by atoms with E-state index in [0.29, 0.717) is 23.6 Å². The fourth-order valence-corrected chi connectivity index (χ4v) is 3.82. The number of nitrogens with zero attached hydrogens (tertiary/aromatic N) is 5. The van der Waals surface area contributed by atoms with Crippen molar-refractivity contribution in [3.63, 3.8) is 0 Å². The van der Waals surface area contributed by atoms with Crippen molar-refractivity contribution in [3.8, 4) is 5.82 Å². The van der Waals surface area contributed by atoms with Gasteiger partial charge in [-0.15, -0.1) is 0 Å². The third-order valence-corrected chi connectivity index (χ3v) is 5.08. The molecule has 0 bridgehead atoms. The minimum absolute atomic E-state index is 0.0243. The van der Waals surface area contributed by atoms with Crippen molar-refractivity contribution < 1.29 is 9.90 Å². The number of carbonyl (C=O) groups is 1. The van der Waals surface area contributed by atoms with Gasteiger partial charge < -0.3 is 10.0 Å². The van der Waals surface area contributed by atoms with Gasteiger partial charge in [-0.25, -0.2) is 9.36 Å². The first-order valence-corrected chi connectivity index (χ1v) is 9.06. The zero-order valence-corrected chi connectivity index (χ0v) is 15.8. The van der Waals surface area contributed by atoms with Crippen LogP contribution in [0.2, 0.25) is 0 Å². The molecule has 1 unspecified atom stereocenters. The molecule has 1 aliphatic rings. The lowest BCUT2D eigenvalue weighted by molar-refractivity contribution is 0.0973. The maximum atomic E-state index is 13.6. The highest BCUT2D eigenvalue weighted by Crippen LogP contribution is 2.32. The predicted molar refractivity (Wildman–Crippen MR) is 102 cm³/mol. The predicted octanol–water partition coefficient (Wildman–Crippen LogP) is 2.03. The molecule has 7 nitrogen and oxygen atoms in total. The third kappa shape index (κ3) is 2.94. The van der Waals surface area contributed by atoms with Crippen molar-refractivity contribution in [3.05, 3.63) is 59.0 Å². The van der Waals surface area contributed by atoms with Crippen molar-refractivity contribution >= 4 is 11.6 Å². The minimum atomic E-state index is -0.116. The Morgan fingerprint density at radius 3 is 2.70 bits per heavy atom. The number of fused-ring (bicyclic) bond motifs is 1. The van der Waals surface area contributed by atoms with Crippen molar-refractivity contribution in [1.29, 1.82) is 0 Å². The summed E-state index contributed by atoms with van der Waals surface area (Å²) in [6.07, 6.45) is 2.61. The summed E-state index contributed by atoms with van der Waals surface area (Å²) in [5.41, 5.74) is 4.05. The van der Waals surface area contributed by atoms with E-state index < -0.39 is 0 Å². The van der Waals surface area contributed by atoms with E-state index in [1.54, 1.807) is 14.3 Å². The molecule has 7 heteroatoms. The molecule has 3 heterocycles. The second-order valence-corrected chi connectivity index (χ2v) is 7.11. The molecular weight excluding hydrogens is 342 g/mol. The lowest BCUT2D eigenvalue weighted by Gasteiger charge is -2.34. The molecule has 2 aromatic heterocycles. The number of anilines is 1. The number of aromatic nitrogens is 4. The largest absolute Gasteiger partial charge is 0.396 e. The van der Waals surface area contributed by atoms with Crippen LogP contribution in [0.25, 0.3) is 5.82 Å². The Kier molecular flexibility index (Phi) is 4.31. The molecule has 0 spiro atoms. The SMILES string of the molecule is Cc1ccn(-c2c(C(=O)N3CC(CO)Cc4ccccc43)c(C)nn2C)n1. The number of amides is 1. The lowest BCUT2D eigenvalue weighted by atomic mass is 9.92. The Morgan fingerprint density at radius 2 is 2.00 bits per heavy atom. The van der Waals surface area contributed by atoms with Crippen LogP contribution >= 0.6 is 0 Å². The first kappa shape index (κ1) is 17.5. The van der Waals surface area contributed by atoms with Crippen molar-refractivity contribution in [2.45, 2.75) is 20.3 Å². The number of rotatable bonds is 3. The first-order valence-electron chi connectivity index (χ1n) is 9.06. The summed E-state index contributed by atoms with van der Waals surface area (Å²) in [7, 11) is 1.82. The highest BCUT2D eigenvalue weighted by molar-refractivity contribution is 6.09. The number of aliphatic hydroxyl groups is 1. The van der Waals surface area contributed by atoms with E-state index in [1.807, 2.05) is 57.4 Å². The third-order valence-electron chi connectivity index (χ3n) is 5.08. The van der Waals surface area contributed by atoms with E-state index in [1.165, 1.54) is 0 Å². The first-order chi connectivity index (χ1) is 13.0. The molecule has 140 valence electrons. The number of hydrogen-bond acceptors (Lipinski definition) is 4. The fraction of sp³-hybridized carbons (Fsp3) is 0.350. The molecule has 1 aliphatic heterocycles. The average molecular weight is 365 g/mol. The van der Waals surface area contributed by atoms with Gasteiger partial charge in [-0.1, -0.05) is 18.2 Å². The molecule has 1 aromatic carbocycles. The van der Waals surface area contributed by atoms with Crippen LogP contribution in [-0.4, -0.2) is 43.7 Å². The van der Waals surface area contributed by atoms with Gasteiger partial charge in [0.05, 0.1) is 11.4 Å². The maximum absolute atomic E-state index is 13.6. The van der Waals surface area contributed by atoms with E-state index in [2.05, 4.69) is 10.2 Å². The number of para-hydroxylation sites is 1. The summed E-state index contributed by atoms with van der Waals surface area (Å²) in [5, 5.41) is 18.6. The van der Waals surface area contributed by atoms with Crippen LogP contribution in [0.4, 0.5) is 5.69 Å². The Labute approximate surface area is 157 Å². The summed E-state index contributed by atoms with van der Waals surface area (Å²) in [6.45, 7) is 4.29. The quantitative estimate of drug-likeness (QED) is 0.771. The number of aryl methyl sites for hydroxylation is 3. The van der Waals surface area contributed by atoms with Gasteiger partial charge >= 0.3 is 0 Å². The normalized spacial score (nSPS) is 16.4. The van der Waals surface area contributed by atoms with Gasteiger partial charge in [0, 0.05) is 38.0 Å². The van der Waals surface area contributed by atoms with Crippen LogP contribution in [0.3, 0.4) is 0 Å². The molecule has 0 saturated carbocycles. The van der Waals surface area contributed by atoms with E-state index >= 15 is 0 Å². The number of aliphatic hydroxyl groups excluding tert-OH is 1. The van der Waals surface area contributed by atoms with Crippen LogP contribution in [0.5, 0.6) is 0 Å². The van der Waals surface area contributed by atoms with E-state index in [4.69, 9.17) is 0 Å². The zero-order chi connectivity index (χ0) is 19.1. The Hall–Kier alpha value is -2.93. The molecule has 27 heavy (non-hydrogen) atoms. The molecule has 1 atom stereocenters. The zero-order valence-electron chi connectivity index (χ0n) is 15.8. The molecular formula is C20H23N5O2. The summed E-state index contributed by atoms with van der Waals surface area (Å²) in [6, 6.07) is 9.78. The standard InChI is InChI=1S/C20H23N5O2/c1-13-8-9-25(21-13)19-18(14(2)22-23(19)3)20(27)24-11-15(12-26)10-16-6-4-5-7-17(16)24/h4-9,15,26H,10-12H2,1-3H3. The van der Waals surface area contributed by atoms with E-state index in [0.717, 1.165) is 23.4 Å². The van der Waals surface area contributed by atoms with Gasteiger partial charge in [0.25, 0.3) is 5.91 Å².